The van der Waals surface area contributed by atoms with E-state index in [1.807, 2.05) is 18.4 Å². The molecule has 1 aliphatic rings. The fourth-order valence-corrected chi connectivity index (χ4v) is 3.55. The maximum absolute atomic E-state index is 12.6. The lowest BCUT2D eigenvalue weighted by Crippen LogP contribution is -2.36. The Morgan fingerprint density at radius 1 is 1.32 bits per heavy atom. The molecule has 1 N–H and O–H groups in total. The normalized spacial score (nSPS) is 14.6. The van der Waals surface area contributed by atoms with E-state index in [1.54, 1.807) is 12.1 Å². The maximum atomic E-state index is 12.6. The number of para-hydroxylation sites is 1. The molecule has 6 nitrogen and oxygen atoms in total. The molecule has 4 rings (SSSR count). The van der Waals surface area contributed by atoms with Gasteiger partial charge in [0.05, 0.1) is 22.9 Å². The number of aromatic amines is 1. The number of aromatic nitrogens is 2. The summed E-state index contributed by atoms with van der Waals surface area (Å²) in [7, 11) is 0. The highest BCUT2D eigenvalue weighted by molar-refractivity contribution is 7.98. The van der Waals surface area contributed by atoms with Crippen LogP contribution in [0.3, 0.4) is 0 Å². The van der Waals surface area contributed by atoms with Crippen molar-refractivity contribution in [3.8, 4) is 0 Å². The van der Waals surface area contributed by atoms with Crippen LogP contribution in [0.2, 0.25) is 0 Å². The second kappa shape index (κ2) is 6.50. The van der Waals surface area contributed by atoms with E-state index in [9.17, 15) is 9.59 Å². The Balaban J connectivity index is 1.62. The summed E-state index contributed by atoms with van der Waals surface area (Å²) in [5, 5.41) is 1.23. The van der Waals surface area contributed by atoms with Crippen LogP contribution >= 0.6 is 11.8 Å². The first kappa shape index (κ1) is 16.1. The highest BCUT2D eigenvalue weighted by atomic mass is 32.2. The van der Waals surface area contributed by atoms with Crippen molar-refractivity contribution in [3.05, 3.63) is 67.9 Å². The Bertz CT molecular complexity index is 1060. The Kier molecular flexibility index (Phi) is 4.19. The fourth-order valence-electron chi connectivity index (χ4n) is 3.16. The Hall–Kier alpha value is -2.38. The third-order valence-electron chi connectivity index (χ3n) is 4.46. The van der Waals surface area contributed by atoms with Gasteiger partial charge >= 0.3 is 0 Å². The van der Waals surface area contributed by atoms with Gasteiger partial charge in [-0.05, 0) is 18.4 Å². The first-order valence-corrected chi connectivity index (χ1v) is 9.26. The molecule has 0 atom stereocenters. The zero-order chi connectivity index (χ0) is 17.4. The molecule has 0 saturated carbocycles. The molecule has 128 valence electrons. The molecule has 0 amide bonds. The average molecular weight is 355 g/mol. The summed E-state index contributed by atoms with van der Waals surface area (Å²) in [6, 6.07) is 7.23. The molecule has 0 spiro atoms. The molecule has 0 radical (unpaired) electrons. The topological polar surface area (TPSA) is 79.2 Å². The van der Waals surface area contributed by atoms with Gasteiger partial charge in [0.25, 0.3) is 5.56 Å². The smallest absolute Gasteiger partial charge is 0.256 e. The van der Waals surface area contributed by atoms with E-state index < -0.39 is 0 Å². The lowest BCUT2D eigenvalue weighted by Gasteiger charge is -2.27. The van der Waals surface area contributed by atoms with Gasteiger partial charge in [-0.3, -0.25) is 14.5 Å². The first-order valence-electron chi connectivity index (χ1n) is 8.03. The standard InChI is InChI=1S/C18H17N3O3S/c1-25-18-19-14-6-7-21(9-13(14)17(23)20-18)8-11-10-24-15-5-3-2-4-12(15)16(11)22/h2-5,10H,6-9H2,1H3,(H,19,20,23). The van der Waals surface area contributed by atoms with Gasteiger partial charge in [-0.15, -0.1) is 0 Å². The van der Waals surface area contributed by atoms with Crippen molar-refractivity contribution in [2.45, 2.75) is 24.7 Å². The summed E-state index contributed by atoms with van der Waals surface area (Å²) in [4.78, 5) is 34.3. The van der Waals surface area contributed by atoms with Crippen LogP contribution in [0, 0.1) is 0 Å². The molecule has 7 heteroatoms. The van der Waals surface area contributed by atoms with Gasteiger partial charge in [-0.2, -0.15) is 0 Å². The molecule has 25 heavy (non-hydrogen) atoms. The second-order valence-electron chi connectivity index (χ2n) is 6.05. The summed E-state index contributed by atoms with van der Waals surface area (Å²) in [6.45, 7) is 1.69. The van der Waals surface area contributed by atoms with Crippen LogP contribution in [0.1, 0.15) is 16.8 Å². The number of nitrogens with zero attached hydrogens (tertiary/aromatic N) is 2. The van der Waals surface area contributed by atoms with Crippen LogP contribution in [0.4, 0.5) is 0 Å². The van der Waals surface area contributed by atoms with E-state index >= 15 is 0 Å². The summed E-state index contributed by atoms with van der Waals surface area (Å²) < 4.78 is 5.58. The van der Waals surface area contributed by atoms with E-state index in [4.69, 9.17) is 4.42 Å². The van der Waals surface area contributed by atoms with Crippen molar-refractivity contribution < 1.29 is 4.42 Å². The molecule has 1 aliphatic heterocycles. The largest absolute Gasteiger partial charge is 0.464 e. The number of H-pyrrole nitrogens is 1. The molecule has 3 heterocycles. The minimum absolute atomic E-state index is 0.0163. The number of nitrogens with one attached hydrogen (secondary N) is 1. The molecular formula is C18H17N3O3S. The summed E-state index contributed by atoms with van der Waals surface area (Å²) in [5.74, 6) is 0. The molecule has 0 aliphatic carbocycles. The van der Waals surface area contributed by atoms with Gasteiger partial charge < -0.3 is 9.40 Å². The third kappa shape index (κ3) is 3.01. The molecule has 1 aromatic carbocycles. The molecular weight excluding hydrogens is 338 g/mol. The van der Waals surface area contributed by atoms with E-state index in [-0.39, 0.29) is 11.0 Å². The van der Waals surface area contributed by atoms with Gasteiger partial charge in [0.1, 0.15) is 5.58 Å². The lowest BCUT2D eigenvalue weighted by atomic mass is 10.1. The number of hydrogen-bond donors (Lipinski definition) is 1. The van der Waals surface area contributed by atoms with Gasteiger partial charge in [-0.1, -0.05) is 23.9 Å². The number of benzene rings is 1. The van der Waals surface area contributed by atoms with Crippen LogP contribution in [-0.4, -0.2) is 27.7 Å². The summed E-state index contributed by atoms with van der Waals surface area (Å²) in [6.07, 6.45) is 4.12. The Labute approximate surface area is 147 Å². The van der Waals surface area contributed by atoms with Crippen LogP contribution < -0.4 is 11.0 Å². The SMILES string of the molecule is CSc1nc2c(c(=O)[nH]1)CN(Cc1coc3ccccc3c1=O)CC2. The summed E-state index contributed by atoms with van der Waals surface area (Å²) in [5.41, 5.74) is 2.63. The number of hydrogen-bond acceptors (Lipinski definition) is 6. The summed E-state index contributed by atoms with van der Waals surface area (Å²) >= 11 is 1.43. The highest BCUT2D eigenvalue weighted by Crippen LogP contribution is 2.18. The van der Waals surface area contributed by atoms with Gasteiger partial charge in [0.2, 0.25) is 0 Å². The zero-order valence-electron chi connectivity index (χ0n) is 13.7. The third-order valence-corrected chi connectivity index (χ3v) is 5.04. The predicted molar refractivity (Wildman–Crippen MR) is 96.9 cm³/mol. The van der Waals surface area contributed by atoms with Gasteiger partial charge in [0, 0.05) is 31.6 Å². The van der Waals surface area contributed by atoms with Crippen LogP contribution in [0.5, 0.6) is 0 Å². The van der Waals surface area contributed by atoms with E-state index in [0.717, 1.165) is 12.2 Å². The van der Waals surface area contributed by atoms with Crippen LogP contribution in [0.25, 0.3) is 11.0 Å². The number of fused-ring (bicyclic) bond motifs is 2. The minimum atomic E-state index is -0.0930. The predicted octanol–water partition coefficient (Wildman–Crippen LogP) is 2.16. The molecule has 2 aromatic heterocycles. The molecule has 3 aromatic rings. The molecule has 0 unspecified atom stereocenters. The number of rotatable bonds is 3. The molecule has 0 saturated heterocycles. The van der Waals surface area contributed by atoms with E-state index in [1.165, 1.54) is 18.0 Å². The van der Waals surface area contributed by atoms with Crippen molar-refractivity contribution in [1.82, 2.24) is 14.9 Å². The highest BCUT2D eigenvalue weighted by Gasteiger charge is 2.22. The van der Waals surface area contributed by atoms with Crippen molar-refractivity contribution in [3.63, 3.8) is 0 Å². The number of thioether (sulfide) groups is 1. The molecule has 0 bridgehead atoms. The van der Waals surface area contributed by atoms with Gasteiger partial charge in [0.15, 0.2) is 10.6 Å². The molecule has 0 fully saturated rings. The van der Waals surface area contributed by atoms with Crippen molar-refractivity contribution in [2.75, 3.05) is 12.8 Å². The van der Waals surface area contributed by atoms with Crippen molar-refractivity contribution in [2.24, 2.45) is 0 Å². The quantitative estimate of drug-likeness (QED) is 0.573. The lowest BCUT2D eigenvalue weighted by molar-refractivity contribution is 0.238. The van der Waals surface area contributed by atoms with Crippen molar-refractivity contribution in [1.29, 1.82) is 0 Å². The second-order valence-corrected chi connectivity index (χ2v) is 6.84. The maximum Gasteiger partial charge on any atom is 0.256 e. The Morgan fingerprint density at radius 3 is 3.00 bits per heavy atom. The van der Waals surface area contributed by atoms with Crippen LogP contribution in [0.15, 0.2) is 49.7 Å². The average Bonchev–Trinajstić information content (AvgIpc) is 2.64. The zero-order valence-corrected chi connectivity index (χ0v) is 14.6. The monoisotopic (exact) mass is 355 g/mol. The van der Waals surface area contributed by atoms with E-state index in [0.29, 0.717) is 46.8 Å². The minimum Gasteiger partial charge on any atom is -0.464 e. The van der Waals surface area contributed by atoms with Crippen molar-refractivity contribution >= 4 is 22.7 Å². The van der Waals surface area contributed by atoms with E-state index in [2.05, 4.69) is 14.9 Å². The Morgan fingerprint density at radius 2 is 2.16 bits per heavy atom. The van der Waals surface area contributed by atoms with Crippen LogP contribution in [-0.2, 0) is 19.5 Å². The van der Waals surface area contributed by atoms with Gasteiger partial charge in [-0.25, -0.2) is 4.98 Å². The first-order chi connectivity index (χ1) is 12.2. The fraction of sp³-hybridized carbons (Fsp3) is 0.278.